The van der Waals surface area contributed by atoms with Crippen LogP contribution in [0.5, 0.6) is 0 Å². The molecule has 0 radical (unpaired) electrons. The second kappa shape index (κ2) is 5.77. The van der Waals surface area contributed by atoms with E-state index in [0.29, 0.717) is 10.6 Å². The summed E-state index contributed by atoms with van der Waals surface area (Å²) >= 11 is 1.25. The zero-order valence-electron chi connectivity index (χ0n) is 10.1. The molecule has 6 heteroatoms. The SMILES string of the molecule is CCC(C)N(CC(=O)O)C(=O)c1scnc1C. The summed E-state index contributed by atoms with van der Waals surface area (Å²) in [5.41, 5.74) is 2.25. The second-order valence-corrected chi connectivity index (χ2v) is 4.71. The Morgan fingerprint density at radius 2 is 2.24 bits per heavy atom. The number of hydrogen-bond acceptors (Lipinski definition) is 4. The fourth-order valence-corrected chi connectivity index (χ4v) is 2.19. The molecule has 1 amide bonds. The van der Waals surface area contributed by atoms with Gasteiger partial charge in [-0.15, -0.1) is 11.3 Å². The van der Waals surface area contributed by atoms with Gasteiger partial charge >= 0.3 is 5.97 Å². The molecule has 0 aliphatic heterocycles. The first-order valence-corrected chi connectivity index (χ1v) is 6.28. The molecule has 5 nitrogen and oxygen atoms in total. The standard InChI is InChI=1S/C11H16N2O3S/c1-4-7(2)13(5-9(14)15)11(16)10-8(3)12-6-17-10/h6-7H,4-5H2,1-3H3,(H,14,15). The first kappa shape index (κ1) is 13.6. The van der Waals surface area contributed by atoms with Gasteiger partial charge in [0.2, 0.25) is 0 Å². The van der Waals surface area contributed by atoms with E-state index in [1.165, 1.54) is 16.2 Å². The summed E-state index contributed by atoms with van der Waals surface area (Å²) in [6.45, 7) is 5.24. The molecule has 1 aromatic heterocycles. The number of aromatic nitrogens is 1. The third-order valence-corrected chi connectivity index (χ3v) is 3.55. The van der Waals surface area contributed by atoms with Crippen LogP contribution in [0.2, 0.25) is 0 Å². The van der Waals surface area contributed by atoms with Crippen molar-refractivity contribution in [2.75, 3.05) is 6.54 Å². The van der Waals surface area contributed by atoms with Crippen molar-refractivity contribution in [3.63, 3.8) is 0 Å². The fraction of sp³-hybridized carbons (Fsp3) is 0.545. The first-order valence-electron chi connectivity index (χ1n) is 5.40. The van der Waals surface area contributed by atoms with Crippen LogP contribution in [0, 0.1) is 6.92 Å². The quantitative estimate of drug-likeness (QED) is 0.871. The van der Waals surface area contributed by atoms with Gasteiger partial charge in [-0.05, 0) is 20.3 Å². The molecular formula is C11H16N2O3S. The van der Waals surface area contributed by atoms with E-state index in [2.05, 4.69) is 4.98 Å². The minimum Gasteiger partial charge on any atom is -0.480 e. The molecule has 0 aliphatic rings. The second-order valence-electron chi connectivity index (χ2n) is 3.85. The van der Waals surface area contributed by atoms with Crippen molar-refractivity contribution in [1.82, 2.24) is 9.88 Å². The number of carboxylic acid groups (broad SMARTS) is 1. The Morgan fingerprint density at radius 1 is 1.59 bits per heavy atom. The van der Waals surface area contributed by atoms with Gasteiger partial charge < -0.3 is 10.0 Å². The van der Waals surface area contributed by atoms with E-state index in [9.17, 15) is 9.59 Å². The Bertz CT molecular complexity index is 417. The highest BCUT2D eigenvalue weighted by Gasteiger charge is 2.25. The lowest BCUT2D eigenvalue weighted by Crippen LogP contribution is -2.41. The van der Waals surface area contributed by atoms with Crippen molar-refractivity contribution in [2.45, 2.75) is 33.2 Å². The molecule has 1 unspecified atom stereocenters. The summed E-state index contributed by atoms with van der Waals surface area (Å²) in [7, 11) is 0. The number of thiazole rings is 1. The van der Waals surface area contributed by atoms with Crippen LogP contribution in [0.4, 0.5) is 0 Å². The maximum absolute atomic E-state index is 12.2. The third kappa shape index (κ3) is 3.26. The number of rotatable bonds is 5. The topological polar surface area (TPSA) is 70.5 Å². The van der Waals surface area contributed by atoms with Crippen LogP contribution >= 0.6 is 11.3 Å². The maximum Gasteiger partial charge on any atom is 0.323 e. The van der Waals surface area contributed by atoms with Crippen LogP contribution in [-0.4, -0.2) is 39.5 Å². The molecule has 0 aliphatic carbocycles. The van der Waals surface area contributed by atoms with Gasteiger partial charge in [0.15, 0.2) is 0 Å². The fourth-order valence-electron chi connectivity index (χ4n) is 1.43. The summed E-state index contributed by atoms with van der Waals surface area (Å²) in [6, 6.07) is -0.0971. The zero-order chi connectivity index (χ0) is 13.0. The number of hydrogen-bond donors (Lipinski definition) is 1. The van der Waals surface area contributed by atoms with Crippen LogP contribution in [0.3, 0.4) is 0 Å². The van der Waals surface area contributed by atoms with Crippen molar-refractivity contribution in [3.8, 4) is 0 Å². The van der Waals surface area contributed by atoms with Crippen LogP contribution < -0.4 is 0 Å². The summed E-state index contributed by atoms with van der Waals surface area (Å²) in [5.74, 6) is -1.25. The Hall–Kier alpha value is -1.43. The number of aliphatic carboxylic acids is 1. The van der Waals surface area contributed by atoms with Crippen molar-refractivity contribution in [1.29, 1.82) is 0 Å². The van der Waals surface area contributed by atoms with E-state index in [1.54, 1.807) is 12.4 Å². The Kier molecular flexibility index (Phi) is 4.62. The van der Waals surface area contributed by atoms with Crippen molar-refractivity contribution in [3.05, 3.63) is 16.1 Å². The molecule has 1 rings (SSSR count). The number of carboxylic acids is 1. The van der Waals surface area contributed by atoms with Gasteiger partial charge in [0.05, 0.1) is 11.2 Å². The predicted molar refractivity (Wildman–Crippen MR) is 65.3 cm³/mol. The first-order chi connectivity index (χ1) is 7.97. The van der Waals surface area contributed by atoms with Gasteiger partial charge in [-0.1, -0.05) is 6.92 Å². The lowest BCUT2D eigenvalue weighted by Gasteiger charge is -2.26. The van der Waals surface area contributed by atoms with Crippen LogP contribution in [0.25, 0.3) is 0 Å². The van der Waals surface area contributed by atoms with Crippen LogP contribution in [0.15, 0.2) is 5.51 Å². The molecule has 17 heavy (non-hydrogen) atoms. The maximum atomic E-state index is 12.2. The number of amides is 1. The van der Waals surface area contributed by atoms with Gasteiger partial charge in [0.25, 0.3) is 5.91 Å². The van der Waals surface area contributed by atoms with E-state index in [-0.39, 0.29) is 18.5 Å². The van der Waals surface area contributed by atoms with Gasteiger partial charge in [-0.3, -0.25) is 9.59 Å². The molecule has 0 saturated carbocycles. The molecule has 0 saturated heterocycles. The van der Waals surface area contributed by atoms with Gasteiger partial charge in [0.1, 0.15) is 11.4 Å². The van der Waals surface area contributed by atoms with E-state index in [4.69, 9.17) is 5.11 Å². The lowest BCUT2D eigenvalue weighted by atomic mass is 10.2. The Balaban J connectivity index is 2.94. The van der Waals surface area contributed by atoms with Crippen LogP contribution in [-0.2, 0) is 4.79 Å². The number of nitrogens with zero attached hydrogens (tertiary/aromatic N) is 2. The van der Waals surface area contributed by atoms with E-state index in [0.717, 1.165) is 6.42 Å². The van der Waals surface area contributed by atoms with Crippen molar-refractivity contribution >= 4 is 23.2 Å². The third-order valence-electron chi connectivity index (χ3n) is 2.63. The summed E-state index contributed by atoms with van der Waals surface area (Å²) in [5, 5.41) is 8.84. The molecule has 0 spiro atoms. The van der Waals surface area contributed by atoms with E-state index in [1.807, 2.05) is 13.8 Å². The van der Waals surface area contributed by atoms with Gasteiger partial charge in [0, 0.05) is 6.04 Å². The monoisotopic (exact) mass is 256 g/mol. The average molecular weight is 256 g/mol. The van der Waals surface area contributed by atoms with Gasteiger partial charge in [-0.25, -0.2) is 4.98 Å². The molecular weight excluding hydrogens is 240 g/mol. The number of carbonyl (C=O) groups is 2. The predicted octanol–water partition coefficient (Wildman–Crippen LogP) is 1.78. The summed E-state index contributed by atoms with van der Waals surface area (Å²) in [4.78, 5) is 28.9. The molecule has 0 fully saturated rings. The molecule has 1 atom stereocenters. The highest BCUT2D eigenvalue weighted by molar-refractivity contribution is 7.11. The zero-order valence-corrected chi connectivity index (χ0v) is 11.0. The lowest BCUT2D eigenvalue weighted by molar-refractivity contribution is -0.138. The normalized spacial score (nSPS) is 12.2. The Labute approximate surface area is 104 Å². The Morgan fingerprint density at radius 3 is 2.65 bits per heavy atom. The van der Waals surface area contributed by atoms with Gasteiger partial charge in [-0.2, -0.15) is 0 Å². The highest BCUT2D eigenvalue weighted by atomic mass is 32.1. The highest BCUT2D eigenvalue weighted by Crippen LogP contribution is 2.17. The molecule has 0 aromatic carbocycles. The molecule has 1 heterocycles. The summed E-state index contributed by atoms with van der Waals surface area (Å²) in [6.07, 6.45) is 0.719. The van der Waals surface area contributed by atoms with Crippen molar-refractivity contribution in [2.24, 2.45) is 0 Å². The van der Waals surface area contributed by atoms with Crippen molar-refractivity contribution < 1.29 is 14.7 Å². The number of carbonyl (C=O) groups excluding carboxylic acids is 1. The minimum atomic E-state index is -0.999. The van der Waals surface area contributed by atoms with E-state index >= 15 is 0 Å². The van der Waals surface area contributed by atoms with Crippen LogP contribution in [0.1, 0.15) is 35.6 Å². The molecule has 1 N–H and O–H groups in total. The summed E-state index contributed by atoms with van der Waals surface area (Å²) < 4.78 is 0. The van der Waals surface area contributed by atoms with E-state index < -0.39 is 5.97 Å². The smallest absolute Gasteiger partial charge is 0.323 e. The molecule has 94 valence electrons. The molecule has 1 aromatic rings. The largest absolute Gasteiger partial charge is 0.480 e. The molecule has 0 bridgehead atoms. The minimum absolute atomic E-state index is 0.0971. The number of aryl methyl sites for hydroxylation is 1. The average Bonchev–Trinajstić information content (AvgIpc) is 2.70.